The molecule has 4 aliphatic rings. The fourth-order valence-electron chi connectivity index (χ4n) is 6.39. The number of ether oxygens (including phenoxy) is 1. The average Bonchev–Trinajstić information content (AvgIpc) is 3.41. The van der Waals surface area contributed by atoms with Crippen molar-refractivity contribution in [3.05, 3.63) is 53.6 Å². The Balaban J connectivity index is 1.08. The molecule has 0 bridgehead atoms. The summed E-state index contributed by atoms with van der Waals surface area (Å²) in [5.74, 6) is 1.83. The van der Waals surface area contributed by atoms with E-state index in [4.69, 9.17) is 4.74 Å². The van der Waals surface area contributed by atoms with Crippen LogP contribution in [-0.4, -0.2) is 47.1 Å². The molecule has 29 heavy (non-hydrogen) atoms. The molecule has 3 fully saturated rings. The van der Waals surface area contributed by atoms with Crippen molar-refractivity contribution in [3.63, 3.8) is 0 Å². The van der Waals surface area contributed by atoms with Crippen molar-refractivity contribution in [1.29, 1.82) is 0 Å². The van der Waals surface area contributed by atoms with E-state index in [-0.39, 0.29) is 11.4 Å². The largest absolute Gasteiger partial charge is 0.366 e. The lowest BCUT2D eigenvalue weighted by Gasteiger charge is -2.38. The number of aromatic nitrogens is 2. The average molecular weight is 394 g/mol. The SMILES string of the molecule is Fc1cnc(N2CCN(C3CC4CC5(CC4C3)OCc3ccccc35)CC2)nc1. The normalized spacial score (nSPS) is 34.0. The van der Waals surface area contributed by atoms with Crippen molar-refractivity contribution in [2.75, 3.05) is 31.1 Å². The van der Waals surface area contributed by atoms with Crippen LogP contribution in [-0.2, 0) is 16.9 Å². The van der Waals surface area contributed by atoms with Gasteiger partial charge in [0.25, 0.3) is 0 Å². The molecular formula is C23H27FN4O. The third kappa shape index (κ3) is 2.96. The zero-order valence-electron chi connectivity index (χ0n) is 16.6. The molecule has 2 aliphatic carbocycles. The van der Waals surface area contributed by atoms with Gasteiger partial charge in [0.1, 0.15) is 0 Å². The number of hydrogen-bond acceptors (Lipinski definition) is 5. The molecule has 6 rings (SSSR count). The van der Waals surface area contributed by atoms with Gasteiger partial charge in [-0.2, -0.15) is 0 Å². The van der Waals surface area contributed by atoms with Gasteiger partial charge in [-0.1, -0.05) is 24.3 Å². The van der Waals surface area contributed by atoms with Crippen LogP contribution in [0.15, 0.2) is 36.7 Å². The lowest BCUT2D eigenvalue weighted by Crippen LogP contribution is -2.50. The van der Waals surface area contributed by atoms with Gasteiger partial charge in [0.05, 0.1) is 24.6 Å². The second kappa shape index (κ2) is 6.74. The Morgan fingerprint density at radius 3 is 2.38 bits per heavy atom. The van der Waals surface area contributed by atoms with E-state index in [0.717, 1.165) is 44.6 Å². The molecule has 1 aromatic heterocycles. The molecule has 2 aromatic rings. The summed E-state index contributed by atoms with van der Waals surface area (Å²) in [6, 6.07) is 9.50. The molecule has 5 nitrogen and oxygen atoms in total. The zero-order valence-corrected chi connectivity index (χ0v) is 16.6. The molecule has 1 spiro atoms. The highest BCUT2D eigenvalue weighted by Crippen LogP contribution is 2.58. The molecule has 0 amide bonds. The molecule has 2 unspecified atom stereocenters. The minimum Gasteiger partial charge on any atom is -0.366 e. The first-order valence-corrected chi connectivity index (χ1v) is 10.9. The quantitative estimate of drug-likeness (QED) is 0.781. The van der Waals surface area contributed by atoms with E-state index in [1.807, 2.05) is 0 Å². The van der Waals surface area contributed by atoms with E-state index in [1.54, 1.807) is 0 Å². The van der Waals surface area contributed by atoms with Crippen LogP contribution in [0, 0.1) is 17.7 Å². The van der Waals surface area contributed by atoms with Crippen molar-refractivity contribution in [2.45, 2.75) is 43.9 Å². The summed E-state index contributed by atoms with van der Waals surface area (Å²) < 4.78 is 19.5. The van der Waals surface area contributed by atoms with Crippen LogP contribution in [0.25, 0.3) is 0 Å². The number of halogens is 1. The number of nitrogens with zero attached hydrogens (tertiary/aromatic N) is 4. The lowest BCUT2D eigenvalue weighted by molar-refractivity contribution is -0.0404. The maximum absolute atomic E-state index is 13.1. The first-order chi connectivity index (χ1) is 14.2. The smallest absolute Gasteiger partial charge is 0.225 e. The summed E-state index contributed by atoms with van der Waals surface area (Å²) in [7, 11) is 0. The molecule has 6 heteroatoms. The van der Waals surface area contributed by atoms with E-state index in [1.165, 1.54) is 49.2 Å². The summed E-state index contributed by atoms with van der Waals surface area (Å²) in [4.78, 5) is 13.1. The highest BCUT2D eigenvalue weighted by atomic mass is 19.1. The van der Waals surface area contributed by atoms with E-state index < -0.39 is 0 Å². The maximum Gasteiger partial charge on any atom is 0.225 e. The topological polar surface area (TPSA) is 41.5 Å². The zero-order chi connectivity index (χ0) is 19.4. The number of fused-ring (bicyclic) bond motifs is 3. The fraction of sp³-hybridized carbons (Fsp3) is 0.565. The first kappa shape index (κ1) is 17.8. The Labute approximate surface area is 170 Å². The van der Waals surface area contributed by atoms with Gasteiger partial charge in [-0.3, -0.25) is 4.90 Å². The van der Waals surface area contributed by atoms with Crippen molar-refractivity contribution in [1.82, 2.24) is 14.9 Å². The molecule has 2 atom stereocenters. The van der Waals surface area contributed by atoms with Gasteiger partial charge in [0, 0.05) is 32.2 Å². The van der Waals surface area contributed by atoms with Gasteiger partial charge in [0.2, 0.25) is 5.95 Å². The van der Waals surface area contributed by atoms with Crippen molar-refractivity contribution >= 4 is 5.95 Å². The van der Waals surface area contributed by atoms with Crippen LogP contribution >= 0.6 is 0 Å². The van der Waals surface area contributed by atoms with Crippen molar-refractivity contribution in [3.8, 4) is 0 Å². The van der Waals surface area contributed by atoms with Gasteiger partial charge < -0.3 is 9.64 Å². The van der Waals surface area contributed by atoms with Crippen molar-refractivity contribution < 1.29 is 9.13 Å². The molecule has 1 aromatic carbocycles. The Bertz CT molecular complexity index is 882. The second-order valence-corrected chi connectivity index (χ2v) is 9.22. The molecule has 2 saturated carbocycles. The maximum atomic E-state index is 13.1. The van der Waals surface area contributed by atoms with Gasteiger partial charge in [-0.15, -0.1) is 0 Å². The van der Waals surface area contributed by atoms with E-state index >= 15 is 0 Å². The van der Waals surface area contributed by atoms with Crippen LogP contribution in [0.5, 0.6) is 0 Å². The minimum atomic E-state index is -0.378. The third-order valence-electron chi connectivity index (χ3n) is 7.73. The van der Waals surface area contributed by atoms with Crippen LogP contribution in [0.3, 0.4) is 0 Å². The molecule has 1 saturated heterocycles. The lowest BCUT2D eigenvalue weighted by atomic mass is 9.88. The van der Waals surface area contributed by atoms with Crippen LogP contribution in [0.1, 0.15) is 36.8 Å². The molecule has 3 heterocycles. The standard InChI is InChI=1S/C23H27FN4O/c24-19-13-25-22(26-14-19)28-7-5-27(6-8-28)20-9-17-11-23(12-18(17)10-20)21-4-2-1-3-16(21)15-29-23/h1-4,13-14,17-18,20H,5-12,15H2. The van der Waals surface area contributed by atoms with Gasteiger partial charge in [0.15, 0.2) is 5.82 Å². The van der Waals surface area contributed by atoms with Crippen molar-refractivity contribution in [2.24, 2.45) is 11.8 Å². The van der Waals surface area contributed by atoms with E-state index in [9.17, 15) is 4.39 Å². The molecular weight excluding hydrogens is 367 g/mol. The first-order valence-electron chi connectivity index (χ1n) is 10.9. The summed E-state index contributed by atoms with van der Waals surface area (Å²) >= 11 is 0. The highest BCUT2D eigenvalue weighted by Gasteiger charge is 2.54. The second-order valence-electron chi connectivity index (χ2n) is 9.22. The number of anilines is 1. The summed E-state index contributed by atoms with van der Waals surface area (Å²) in [6.07, 6.45) is 7.48. The predicted molar refractivity (Wildman–Crippen MR) is 108 cm³/mol. The third-order valence-corrected chi connectivity index (χ3v) is 7.73. The predicted octanol–water partition coefficient (Wildman–Crippen LogP) is 3.35. The Hall–Kier alpha value is -2.05. The molecule has 152 valence electrons. The number of piperazine rings is 1. The number of rotatable bonds is 2. The van der Waals surface area contributed by atoms with E-state index in [0.29, 0.717) is 12.0 Å². The fourth-order valence-corrected chi connectivity index (χ4v) is 6.39. The minimum absolute atomic E-state index is 0.00445. The van der Waals surface area contributed by atoms with E-state index in [2.05, 4.69) is 44.0 Å². The van der Waals surface area contributed by atoms with Crippen LogP contribution in [0.2, 0.25) is 0 Å². The number of benzene rings is 1. The molecule has 0 N–H and O–H groups in total. The van der Waals surface area contributed by atoms with Gasteiger partial charge in [-0.05, 0) is 48.6 Å². The monoisotopic (exact) mass is 394 g/mol. The summed E-state index contributed by atoms with van der Waals surface area (Å²) in [5, 5.41) is 0. The molecule has 2 aliphatic heterocycles. The van der Waals surface area contributed by atoms with Crippen LogP contribution in [0.4, 0.5) is 10.3 Å². The Kier molecular flexibility index (Phi) is 4.13. The number of hydrogen-bond donors (Lipinski definition) is 0. The Morgan fingerprint density at radius 2 is 1.66 bits per heavy atom. The summed E-state index contributed by atoms with van der Waals surface area (Å²) in [6.45, 7) is 4.69. The van der Waals surface area contributed by atoms with Gasteiger partial charge >= 0.3 is 0 Å². The highest BCUT2D eigenvalue weighted by molar-refractivity contribution is 5.37. The molecule has 0 radical (unpaired) electrons. The summed E-state index contributed by atoms with van der Waals surface area (Å²) in [5.41, 5.74) is 2.84. The van der Waals surface area contributed by atoms with Crippen LogP contribution < -0.4 is 4.90 Å². The Morgan fingerprint density at radius 1 is 0.966 bits per heavy atom. The van der Waals surface area contributed by atoms with Gasteiger partial charge in [-0.25, -0.2) is 14.4 Å².